The van der Waals surface area contributed by atoms with Crippen molar-refractivity contribution in [1.29, 1.82) is 0 Å². The number of aryl methyl sites for hydroxylation is 2. The number of nitrogens with two attached hydrogens (primary N) is 1. The average molecular weight is 486 g/mol. The minimum Gasteiger partial charge on any atom is -0.399 e. The van der Waals surface area contributed by atoms with Gasteiger partial charge in [0.15, 0.2) is 5.82 Å². The van der Waals surface area contributed by atoms with E-state index in [4.69, 9.17) is 20.4 Å². The quantitative estimate of drug-likeness (QED) is 0.547. The first-order valence-electron chi connectivity index (χ1n) is 11.0. The van der Waals surface area contributed by atoms with Gasteiger partial charge in [0.1, 0.15) is 14.8 Å². The molecular formula is C23H27N5O3S2. The topological polar surface area (TPSA) is 111 Å². The number of thiazole rings is 1. The van der Waals surface area contributed by atoms with E-state index in [0.717, 1.165) is 16.4 Å². The second kappa shape index (κ2) is 8.03. The van der Waals surface area contributed by atoms with Gasteiger partial charge in [0.05, 0.1) is 35.7 Å². The van der Waals surface area contributed by atoms with Crippen molar-refractivity contribution in [1.82, 2.24) is 15.0 Å². The second-order valence-corrected chi connectivity index (χ2v) is 12.4. The minimum absolute atomic E-state index is 0.124. The van der Waals surface area contributed by atoms with E-state index >= 15 is 0 Å². The molecule has 2 aliphatic rings. The van der Waals surface area contributed by atoms with Gasteiger partial charge in [-0.25, -0.2) is 23.4 Å². The van der Waals surface area contributed by atoms with Crippen LogP contribution in [0.4, 0.5) is 11.5 Å². The smallest absolute Gasteiger partial charge is 0.201 e. The first-order valence-corrected chi connectivity index (χ1v) is 13.3. The van der Waals surface area contributed by atoms with Crippen molar-refractivity contribution in [3.05, 3.63) is 46.7 Å². The molecule has 1 aliphatic heterocycles. The number of anilines is 2. The lowest BCUT2D eigenvalue weighted by molar-refractivity contribution is 0.0985. The van der Waals surface area contributed by atoms with Gasteiger partial charge in [-0.05, 0) is 57.9 Å². The molecule has 10 heteroatoms. The molecule has 0 unspecified atom stereocenters. The zero-order valence-electron chi connectivity index (χ0n) is 18.9. The van der Waals surface area contributed by atoms with Crippen molar-refractivity contribution in [2.24, 2.45) is 0 Å². The van der Waals surface area contributed by atoms with Crippen molar-refractivity contribution >= 4 is 32.7 Å². The van der Waals surface area contributed by atoms with Crippen LogP contribution in [0.15, 0.2) is 34.5 Å². The molecule has 1 aromatic carbocycles. The zero-order valence-corrected chi connectivity index (χ0v) is 20.5. The third-order valence-corrected chi connectivity index (χ3v) is 10.5. The molecule has 0 bridgehead atoms. The van der Waals surface area contributed by atoms with Crippen LogP contribution in [0.3, 0.4) is 0 Å². The maximum Gasteiger partial charge on any atom is 0.201 e. The summed E-state index contributed by atoms with van der Waals surface area (Å²) in [6, 6.07) is 9.32. The van der Waals surface area contributed by atoms with Gasteiger partial charge in [-0.15, -0.1) is 11.3 Å². The molecule has 174 valence electrons. The SMILES string of the molecule is Cc1nc(C)c(S(=O)(=O)C2(c3cc(N4CCOC[C@@H]4C)nc(-c4ccc(N)cc4)n3)CC2)s1. The molecule has 0 radical (unpaired) electrons. The number of morpholine rings is 1. The van der Waals surface area contributed by atoms with Crippen LogP contribution < -0.4 is 10.6 Å². The molecule has 0 amide bonds. The van der Waals surface area contributed by atoms with E-state index in [1.54, 1.807) is 19.1 Å². The van der Waals surface area contributed by atoms with Gasteiger partial charge in [0, 0.05) is 23.9 Å². The Kier molecular flexibility index (Phi) is 5.42. The first kappa shape index (κ1) is 22.2. The van der Waals surface area contributed by atoms with Crippen LogP contribution in [0.5, 0.6) is 0 Å². The Morgan fingerprint density at radius 3 is 2.48 bits per heavy atom. The fourth-order valence-electron chi connectivity index (χ4n) is 4.36. The molecule has 0 spiro atoms. The largest absolute Gasteiger partial charge is 0.399 e. The Bertz CT molecular complexity index is 1300. The van der Waals surface area contributed by atoms with Crippen molar-refractivity contribution in [2.75, 3.05) is 30.4 Å². The van der Waals surface area contributed by atoms with Gasteiger partial charge in [-0.1, -0.05) is 0 Å². The summed E-state index contributed by atoms with van der Waals surface area (Å²) in [7, 11) is -3.65. The summed E-state index contributed by atoms with van der Waals surface area (Å²) in [4.78, 5) is 16.2. The monoisotopic (exact) mass is 485 g/mol. The lowest BCUT2D eigenvalue weighted by atomic mass is 10.1. The molecule has 3 aromatic rings. The molecule has 5 rings (SSSR count). The van der Waals surface area contributed by atoms with Crippen molar-refractivity contribution < 1.29 is 13.2 Å². The molecule has 1 saturated carbocycles. The van der Waals surface area contributed by atoms with Gasteiger partial charge in [-0.3, -0.25) is 0 Å². The summed E-state index contributed by atoms with van der Waals surface area (Å²) in [5.74, 6) is 1.22. The number of nitrogen functional groups attached to an aromatic ring is 1. The van der Waals surface area contributed by atoms with Crippen molar-refractivity contribution in [3.8, 4) is 11.4 Å². The Hall–Kier alpha value is -2.56. The van der Waals surface area contributed by atoms with Gasteiger partial charge in [0.2, 0.25) is 9.84 Å². The predicted molar refractivity (Wildman–Crippen MR) is 129 cm³/mol. The maximum atomic E-state index is 13.9. The third-order valence-electron chi connectivity index (χ3n) is 6.33. The lowest BCUT2D eigenvalue weighted by Crippen LogP contribution is -2.44. The van der Waals surface area contributed by atoms with E-state index in [9.17, 15) is 8.42 Å². The molecule has 8 nitrogen and oxygen atoms in total. The average Bonchev–Trinajstić information content (AvgIpc) is 3.54. The highest BCUT2D eigenvalue weighted by atomic mass is 32.2. The van der Waals surface area contributed by atoms with Crippen molar-refractivity contribution in [2.45, 2.75) is 48.6 Å². The standard InChI is InChI=1S/C23H27N5O3S2/c1-14-13-31-11-10-28(14)20-12-19(26-21(27-20)17-4-6-18(24)7-5-17)23(8-9-23)33(29,30)22-15(2)25-16(3)32-22/h4-7,12,14H,8-11,13,24H2,1-3H3/t14-/m0/s1. The number of hydrogen-bond donors (Lipinski definition) is 1. The molecule has 2 fully saturated rings. The number of hydrogen-bond acceptors (Lipinski definition) is 9. The van der Waals surface area contributed by atoms with Gasteiger partial charge < -0.3 is 15.4 Å². The van der Waals surface area contributed by atoms with E-state index in [-0.39, 0.29) is 6.04 Å². The second-order valence-electron chi connectivity index (χ2n) is 8.78. The van der Waals surface area contributed by atoms with E-state index in [2.05, 4.69) is 16.8 Å². The molecule has 2 N–H and O–H groups in total. The number of nitrogens with zero attached hydrogens (tertiary/aromatic N) is 4. The minimum atomic E-state index is -3.65. The highest BCUT2D eigenvalue weighted by molar-refractivity contribution is 7.94. The molecule has 33 heavy (non-hydrogen) atoms. The van der Waals surface area contributed by atoms with E-state index in [0.29, 0.717) is 59.7 Å². The van der Waals surface area contributed by atoms with Crippen LogP contribution in [0.2, 0.25) is 0 Å². The summed E-state index contributed by atoms with van der Waals surface area (Å²) in [6.45, 7) is 7.55. The van der Waals surface area contributed by atoms with Crippen molar-refractivity contribution in [3.63, 3.8) is 0 Å². The van der Waals surface area contributed by atoms with E-state index in [1.165, 1.54) is 11.3 Å². The fourth-order valence-corrected chi connectivity index (χ4v) is 8.09. The summed E-state index contributed by atoms with van der Waals surface area (Å²) in [5, 5.41) is 0.745. The van der Waals surface area contributed by atoms with Crippen LogP contribution in [0.1, 0.15) is 36.2 Å². The molecule has 2 aromatic heterocycles. The van der Waals surface area contributed by atoms with Crippen LogP contribution >= 0.6 is 11.3 Å². The molecule has 1 atom stereocenters. The number of rotatable bonds is 5. The Morgan fingerprint density at radius 2 is 1.88 bits per heavy atom. The summed E-state index contributed by atoms with van der Waals surface area (Å²) < 4.78 is 32.6. The van der Waals surface area contributed by atoms with Crippen LogP contribution in [-0.4, -0.2) is 49.2 Å². The molecule has 1 saturated heterocycles. The number of ether oxygens (including phenoxy) is 1. The lowest BCUT2D eigenvalue weighted by Gasteiger charge is -2.34. The fraction of sp³-hybridized carbons (Fsp3) is 0.435. The summed E-state index contributed by atoms with van der Waals surface area (Å²) in [5.41, 5.74) is 8.41. The van der Waals surface area contributed by atoms with E-state index in [1.807, 2.05) is 25.1 Å². The highest BCUT2D eigenvalue weighted by Crippen LogP contribution is 2.56. The Morgan fingerprint density at radius 1 is 1.15 bits per heavy atom. The van der Waals surface area contributed by atoms with Crippen LogP contribution in [0.25, 0.3) is 11.4 Å². The van der Waals surface area contributed by atoms with Gasteiger partial charge in [-0.2, -0.15) is 0 Å². The van der Waals surface area contributed by atoms with Gasteiger partial charge >= 0.3 is 0 Å². The first-order chi connectivity index (χ1) is 15.7. The Labute approximate surface area is 197 Å². The van der Waals surface area contributed by atoms with Crippen LogP contribution in [-0.2, 0) is 19.3 Å². The predicted octanol–water partition coefficient (Wildman–Crippen LogP) is 3.49. The molecular weight excluding hydrogens is 458 g/mol. The normalized spacial score (nSPS) is 20.1. The number of benzene rings is 1. The Balaban J connectivity index is 1.66. The van der Waals surface area contributed by atoms with Gasteiger partial charge in [0.25, 0.3) is 0 Å². The number of sulfone groups is 1. The summed E-state index contributed by atoms with van der Waals surface area (Å²) in [6.07, 6.45) is 1.06. The molecule has 1 aliphatic carbocycles. The van der Waals surface area contributed by atoms with E-state index < -0.39 is 14.6 Å². The summed E-state index contributed by atoms with van der Waals surface area (Å²) >= 11 is 1.23. The van der Waals surface area contributed by atoms with Crippen LogP contribution in [0, 0.1) is 13.8 Å². The highest BCUT2D eigenvalue weighted by Gasteiger charge is 2.59. The third kappa shape index (κ3) is 3.79. The zero-order chi connectivity index (χ0) is 23.4. The maximum absolute atomic E-state index is 13.9. The number of aromatic nitrogens is 3. The molecule has 3 heterocycles.